The predicted octanol–water partition coefficient (Wildman–Crippen LogP) is 5.39. The average Bonchev–Trinajstić information content (AvgIpc) is 2.92. The molecule has 0 saturated heterocycles. The Kier molecular flexibility index (Phi) is 4.24. The number of benzene rings is 2. The van der Waals surface area contributed by atoms with Crippen LogP contribution in [0.1, 0.15) is 23.4 Å². The molecule has 0 radical (unpaired) electrons. The maximum absolute atomic E-state index is 14.0. The van der Waals surface area contributed by atoms with Crippen molar-refractivity contribution in [1.29, 1.82) is 0 Å². The molecule has 108 valence electrons. The molecular weight excluding hydrogens is 305 g/mol. The minimum atomic E-state index is -0.193. The second kappa shape index (κ2) is 6.14. The highest BCUT2D eigenvalue weighted by Crippen LogP contribution is 2.36. The van der Waals surface area contributed by atoms with Gasteiger partial charge in [0.15, 0.2) is 0 Å². The summed E-state index contributed by atoms with van der Waals surface area (Å²) in [5.74, 6) is -0.193. The zero-order chi connectivity index (χ0) is 14.8. The van der Waals surface area contributed by atoms with Gasteiger partial charge in [0.1, 0.15) is 5.82 Å². The van der Waals surface area contributed by atoms with Gasteiger partial charge in [-0.05, 0) is 35.0 Å². The molecule has 1 nitrogen and oxygen atoms in total. The van der Waals surface area contributed by atoms with Gasteiger partial charge in [0, 0.05) is 10.3 Å². The summed E-state index contributed by atoms with van der Waals surface area (Å²) in [6.07, 6.45) is 0. The highest BCUT2D eigenvalue weighted by molar-refractivity contribution is 7.10. The third-order valence-corrected chi connectivity index (χ3v) is 4.95. The van der Waals surface area contributed by atoms with E-state index in [-0.39, 0.29) is 11.9 Å². The minimum Gasteiger partial charge on any atom is -0.306 e. The van der Waals surface area contributed by atoms with Crippen molar-refractivity contribution in [3.8, 4) is 0 Å². The molecular formula is C17H15ClFNS. The molecule has 3 rings (SSSR count). The van der Waals surface area contributed by atoms with E-state index in [1.807, 2.05) is 41.8 Å². The second-order valence-electron chi connectivity index (χ2n) is 4.81. The van der Waals surface area contributed by atoms with E-state index in [9.17, 15) is 4.39 Å². The SMILES string of the molecule is CCNC(c1sccc1Cl)c1ccc(F)c2ccccc12. The van der Waals surface area contributed by atoms with Crippen LogP contribution < -0.4 is 5.32 Å². The molecule has 0 bridgehead atoms. The molecule has 0 aliphatic rings. The van der Waals surface area contributed by atoms with Crippen molar-refractivity contribution in [3.63, 3.8) is 0 Å². The van der Waals surface area contributed by atoms with Crippen molar-refractivity contribution in [1.82, 2.24) is 5.32 Å². The van der Waals surface area contributed by atoms with E-state index in [1.54, 1.807) is 11.3 Å². The molecule has 0 fully saturated rings. The summed E-state index contributed by atoms with van der Waals surface area (Å²) in [5, 5.41) is 7.75. The number of hydrogen-bond acceptors (Lipinski definition) is 2. The fourth-order valence-corrected chi connectivity index (χ4v) is 3.85. The van der Waals surface area contributed by atoms with E-state index in [2.05, 4.69) is 12.2 Å². The van der Waals surface area contributed by atoms with Crippen LogP contribution in [0, 0.1) is 5.82 Å². The molecule has 0 aliphatic carbocycles. The van der Waals surface area contributed by atoms with Gasteiger partial charge in [-0.1, -0.05) is 48.9 Å². The predicted molar refractivity (Wildman–Crippen MR) is 88.8 cm³/mol. The molecule has 0 spiro atoms. The van der Waals surface area contributed by atoms with Crippen LogP contribution in [0.2, 0.25) is 5.02 Å². The zero-order valence-electron chi connectivity index (χ0n) is 11.6. The lowest BCUT2D eigenvalue weighted by molar-refractivity contribution is 0.629. The van der Waals surface area contributed by atoms with Crippen LogP contribution in [-0.4, -0.2) is 6.54 Å². The van der Waals surface area contributed by atoms with E-state index >= 15 is 0 Å². The molecule has 0 aliphatic heterocycles. The summed E-state index contributed by atoms with van der Waals surface area (Å²) in [6.45, 7) is 2.87. The lowest BCUT2D eigenvalue weighted by Crippen LogP contribution is -2.21. The van der Waals surface area contributed by atoms with Gasteiger partial charge in [0.25, 0.3) is 0 Å². The monoisotopic (exact) mass is 319 g/mol. The first-order chi connectivity index (χ1) is 10.2. The van der Waals surface area contributed by atoms with E-state index in [0.29, 0.717) is 5.39 Å². The first kappa shape index (κ1) is 14.5. The smallest absolute Gasteiger partial charge is 0.131 e. The van der Waals surface area contributed by atoms with Gasteiger partial charge >= 0.3 is 0 Å². The lowest BCUT2D eigenvalue weighted by Gasteiger charge is -2.20. The summed E-state index contributed by atoms with van der Waals surface area (Å²) >= 11 is 7.92. The summed E-state index contributed by atoms with van der Waals surface area (Å²) in [5.41, 5.74) is 1.05. The molecule has 1 heterocycles. The van der Waals surface area contributed by atoms with Crippen LogP contribution in [0.25, 0.3) is 10.8 Å². The van der Waals surface area contributed by atoms with Crippen LogP contribution in [0.4, 0.5) is 4.39 Å². The van der Waals surface area contributed by atoms with E-state index in [1.165, 1.54) is 6.07 Å². The Morgan fingerprint density at radius 2 is 1.90 bits per heavy atom. The second-order valence-corrected chi connectivity index (χ2v) is 6.16. The fourth-order valence-electron chi connectivity index (χ4n) is 2.60. The molecule has 3 aromatic rings. The van der Waals surface area contributed by atoms with Crippen molar-refractivity contribution in [3.05, 3.63) is 69.1 Å². The number of halogens is 2. The third kappa shape index (κ3) is 2.69. The molecule has 4 heteroatoms. The summed E-state index contributed by atoms with van der Waals surface area (Å²) in [4.78, 5) is 1.07. The first-order valence-corrected chi connectivity index (χ1v) is 8.11. The van der Waals surface area contributed by atoms with Crippen LogP contribution >= 0.6 is 22.9 Å². The van der Waals surface area contributed by atoms with Crippen LogP contribution in [0.15, 0.2) is 47.8 Å². The van der Waals surface area contributed by atoms with Gasteiger partial charge in [0.2, 0.25) is 0 Å². The Bertz CT molecular complexity index is 768. The standard InChI is InChI=1S/C17H15ClFNS/c1-2-20-16(17-14(18)9-10-21-17)13-7-8-15(19)12-6-4-3-5-11(12)13/h3-10,16,20H,2H2,1H3. The maximum Gasteiger partial charge on any atom is 0.131 e. The summed E-state index contributed by atoms with van der Waals surface area (Å²) in [7, 11) is 0. The summed E-state index contributed by atoms with van der Waals surface area (Å²) in [6, 6.07) is 12.8. The molecule has 21 heavy (non-hydrogen) atoms. The quantitative estimate of drug-likeness (QED) is 0.679. The van der Waals surface area contributed by atoms with Gasteiger partial charge in [-0.2, -0.15) is 0 Å². The van der Waals surface area contributed by atoms with Gasteiger partial charge in [-0.15, -0.1) is 11.3 Å². The molecule has 1 unspecified atom stereocenters. The Hall–Kier alpha value is -1.42. The molecule has 0 saturated carbocycles. The number of thiophene rings is 1. The largest absolute Gasteiger partial charge is 0.306 e. The number of fused-ring (bicyclic) bond motifs is 1. The van der Waals surface area contributed by atoms with E-state index in [4.69, 9.17) is 11.6 Å². The van der Waals surface area contributed by atoms with Gasteiger partial charge in [-0.3, -0.25) is 0 Å². The highest BCUT2D eigenvalue weighted by atomic mass is 35.5. The number of rotatable bonds is 4. The fraction of sp³-hybridized carbons (Fsp3) is 0.176. The Morgan fingerprint density at radius 1 is 1.14 bits per heavy atom. The van der Waals surface area contributed by atoms with Crippen LogP contribution in [0.3, 0.4) is 0 Å². The highest BCUT2D eigenvalue weighted by Gasteiger charge is 2.20. The number of hydrogen-bond donors (Lipinski definition) is 1. The molecule has 1 aromatic heterocycles. The van der Waals surface area contributed by atoms with Gasteiger partial charge in [-0.25, -0.2) is 4.39 Å². The van der Waals surface area contributed by atoms with Crippen LogP contribution in [0.5, 0.6) is 0 Å². The summed E-state index contributed by atoms with van der Waals surface area (Å²) < 4.78 is 14.0. The molecule has 2 aromatic carbocycles. The molecule has 1 N–H and O–H groups in total. The first-order valence-electron chi connectivity index (χ1n) is 6.85. The lowest BCUT2D eigenvalue weighted by atomic mass is 9.97. The average molecular weight is 320 g/mol. The van der Waals surface area contributed by atoms with Crippen molar-refractivity contribution in [2.24, 2.45) is 0 Å². The van der Waals surface area contributed by atoms with E-state index in [0.717, 1.165) is 27.4 Å². The Morgan fingerprint density at radius 3 is 2.57 bits per heavy atom. The Balaban J connectivity index is 2.21. The molecule has 0 amide bonds. The van der Waals surface area contributed by atoms with Crippen molar-refractivity contribution in [2.45, 2.75) is 13.0 Å². The maximum atomic E-state index is 14.0. The molecule has 1 atom stereocenters. The van der Waals surface area contributed by atoms with Gasteiger partial charge < -0.3 is 5.32 Å². The van der Waals surface area contributed by atoms with Crippen LogP contribution in [-0.2, 0) is 0 Å². The van der Waals surface area contributed by atoms with Crippen molar-refractivity contribution in [2.75, 3.05) is 6.54 Å². The Labute approximate surface area is 132 Å². The normalized spacial score (nSPS) is 12.7. The zero-order valence-corrected chi connectivity index (χ0v) is 13.1. The van der Waals surface area contributed by atoms with Crippen molar-refractivity contribution >= 4 is 33.7 Å². The minimum absolute atomic E-state index is 0.0204. The topological polar surface area (TPSA) is 12.0 Å². The third-order valence-electron chi connectivity index (χ3n) is 3.53. The number of nitrogens with one attached hydrogen (secondary N) is 1. The van der Waals surface area contributed by atoms with Crippen molar-refractivity contribution < 1.29 is 4.39 Å². The van der Waals surface area contributed by atoms with Gasteiger partial charge in [0.05, 0.1) is 11.1 Å². The van der Waals surface area contributed by atoms with E-state index < -0.39 is 0 Å².